The molecule has 5 nitrogen and oxygen atoms in total. The van der Waals surface area contributed by atoms with Crippen LogP contribution in [0, 0.1) is 5.92 Å². The summed E-state index contributed by atoms with van der Waals surface area (Å²) in [5, 5.41) is 0.0680. The van der Waals surface area contributed by atoms with Crippen molar-refractivity contribution in [3.05, 3.63) is 22.2 Å². The van der Waals surface area contributed by atoms with Gasteiger partial charge in [0.2, 0.25) is 10.0 Å². The number of hydrogen-bond donors (Lipinski definition) is 1. The zero-order chi connectivity index (χ0) is 15.6. The molecule has 0 aliphatic carbocycles. The first-order chi connectivity index (χ1) is 9.82. The van der Waals surface area contributed by atoms with Crippen LogP contribution in [0.15, 0.2) is 17.0 Å². The van der Waals surface area contributed by atoms with E-state index in [-0.39, 0.29) is 20.9 Å². The minimum atomic E-state index is -3.76. The van der Waals surface area contributed by atoms with Gasteiger partial charge in [0.25, 0.3) is 0 Å². The maximum atomic E-state index is 12.6. The van der Waals surface area contributed by atoms with Gasteiger partial charge in [0, 0.05) is 25.9 Å². The number of nitrogens with two attached hydrogens (primary N) is 1. The maximum absolute atomic E-state index is 12.6. The number of anilines is 1. The highest BCUT2D eigenvalue weighted by Gasteiger charge is 2.29. The van der Waals surface area contributed by atoms with Crippen molar-refractivity contribution in [2.24, 2.45) is 5.92 Å². The van der Waals surface area contributed by atoms with E-state index in [9.17, 15) is 8.42 Å². The molecule has 1 aromatic rings. The van der Waals surface area contributed by atoms with Gasteiger partial charge < -0.3 is 10.5 Å². The average Bonchev–Trinajstić information content (AvgIpc) is 2.38. The summed E-state index contributed by atoms with van der Waals surface area (Å²) in [6, 6.07) is 2.77. The Morgan fingerprint density at radius 3 is 2.52 bits per heavy atom. The van der Waals surface area contributed by atoms with Gasteiger partial charge in [-0.3, -0.25) is 0 Å². The van der Waals surface area contributed by atoms with Gasteiger partial charge in [-0.2, -0.15) is 0 Å². The van der Waals surface area contributed by atoms with Crippen LogP contribution in [0.25, 0.3) is 0 Å². The Morgan fingerprint density at radius 1 is 1.38 bits per heavy atom. The highest BCUT2D eigenvalue weighted by atomic mass is 35.5. The molecular formula is C13H18Cl2N2O3S. The first-order valence-corrected chi connectivity index (χ1v) is 8.80. The number of sulfonamides is 1. The second-order valence-electron chi connectivity index (χ2n) is 5.18. The summed E-state index contributed by atoms with van der Waals surface area (Å²) in [5.41, 5.74) is 5.93. The molecule has 1 aliphatic heterocycles. The molecule has 2 N–H and O–H groups in total. The number of hydrogen-bond acceptors (Lipinski definition) is 4. The van der Waals surface area contributed by atoms with Crippen molar-refractivity contribution in [2.45, 2.75) is 17.7 Å². The van der Waals surface area contributed by atoms with E-state index in [4.69, 9.17) is 33.7 Å². The first-order valence-electron chi connectivity index (χ1n) is 6.61. The molecule has 0 amide bonds. The van der Waals surface area contributed by atoms with Crippen molar-refractivity contribution in [3.8, 4) is 0 Å². The van der Waals surface area contributed by atoms with Gasteiger partial charge >= 0.3 is 0 Å². The quantitative estimate of drug-likeness (QED) is 0.845. The standard InChI is InChI=1S/C13H18Cl2N2O3S/c1-17(7-9-3-2-4-20-8-9)21(18,19)13-11(14)5-10(16)6-12(13)15/h5-6,9H,2-4,7-8,16H2,1H3. The van der Waals surface area contributed by atoms with E-state index in [1.807, 2.05) is 0 Å². The van der Waals surface area contributed by atoms with E-state index in [2.05, 4.69) is 0 Å². The number of benzene rings is 1. The Hall–Kier alpha value is -0.530. The molecule has 1 unspecified atom stereocenters. The summed E-state index contributed by atoms with van der Waals surface area (Å²) >= 11 is 12.0. The molecule has 8 heteroatoms. The van der Waals surface area contributed by atoms with Crippen LogP contribution < -0.4 is 5.73 Å². The number of rotatable bonds is 4. The Kier molecular flexibility index (Phi) is 5.38. The molecule has 1 aromatic carbocycles. The lowest BCUT2D eigenvalue weighted by atomic mass is 10.0. The highest BCUT2D eigenvalue weighted by Crippen LogP contribution is 2.34. The molecule has 1 atom stereocenters. The van der Waals surface area contributed by atoms with Crippen molar-refractivity contribution in [2.75, 3.05) is 32.5 Å². The lowest BCUT2D eigenvalue weighted by Crippen LogP contribution is -2.35. The zero-order valence-corrected chi connectivity index (χ0v) is 14.0. The van der Waals surface area contributed by atoms with Crippen LogP contribution in [-0.2, 0) is 14.8 Å². The normalized spacial score (nSPS) is 19.9. The molecule has 1 aliphatic rings. The van der Waals surface area contributed by atoms with Crippen molar-refractivity contribution in [1.29, 1.82) is 0 Å². The second-order valence-corrected chi connectivity index (χ2v) is 7.98. The third kappa shape index (κ3) is 3.81. The monoisotopic (exact) mass is 352 g/mol. The Morgan fingerprint density at radius 2 is 2.00 bits per heavy atom. The Balaban J connectivity index is 2.24. The fourth-order valence-electron chi connectivity index (χ4n) is 2.39. The maximum Gasteiger partial charge on any atom is 0.245 e. The van der Waals surface area contributed by atoms with Gasteiger partial charge in [0.05, 0.1) is 16.7 Å². The van der Waals surface area contributed by atoms with Crippen LogP contribution in [0.5, 0.6) is 0 Å². The summed E-state index contributed by atoms with van der Waals surface area (Å²) in [4.78, 5) is -0.0979. The van der Waals surface area contributed by atoms with Gasteiger partial charge in [0.1, 0.15) is 4.90 Å². The molecule has 0 saturated carbocycles. The molecule has 118 valence electrons. The van der Waals surface area contributed by atoms with Crippen LogP contribution in [-0.4, -0.2) is 39.5 Å². The summed E-state index contributed by atoms with van der Waals surface area (Å²) in [6.45, 7) is 1.69. The van der Waals surface area contributed by atoms with Crippen molar-refractivity contribution in [1.82, 2.24) is 4.31 Å². The highest BCUT2D eigenvalue weighted by molar-refractivity contribution is 7.89. The first kappa shape index (κ1) is 16.8. The molecule has 21 heavy (non-hydrogen) atoms. The number of nitrogen functional groups attached to an aromatic ring is 1. The molecule has 0 bridgehead atoms. The van der Waals surface area contributed by atoms with E-state index in [0.717, 1.165) is 19.4 Å². The minimum Gasteiger partial charge on any atom is -0.399 e. The summed E-state index contributed by atoms with van der Waals surface area (Å²) in [6.07, 6.45) is 1.89. The minimum absolute atomic E-state index is 0.0340. The van der Waals surface area contributed by atoms with Gasteiger partial charge in [-0.15, -0.1) is 0 Å². The number of nitrogens with zero attached hydrogens (tertiary/aromatic N) is 1. The molecule has 0 radical (unpaired) electrons. The largest absolute Gasteiger partial charge is 0.399 e. The van der Waals surface area contributed by atoms with Crippen LogP contribution >= 0.6 is 23.2 Å². The van der Waals surface area contributed by atoms with Gasteiger partial charge in [0.15, 0.2) is 0 Å². The summed E-state index contributed by atoms with van der Waals surface area (Å²) < 4.78 is 31.9. The van der Waals surface area contributed by atoms with Gasteiger partial charge in [-0.1, -0.05) is 23.2 Å². The van der Waals surface area contributed by atoms with Gasteiger partial charge in [-0.05, 0) is 30.9 Å². The Labute approximate surface area is 135 Å². The predicted octanol–water partition coefficient (Wildman–Crippen LogP) is 2.62. The Bertz CT molecular complexity index is 593. The summed E-state index contributed by atoms with van der Waals surface area (Å²) in [7, 11) is -2.24. The van der Waals surface area contributed by atoms with E-state index in [1.54, 1.807) is 0 Å². The predicted molar refractivity (Wildman–Crippen MR) is 84.2 cm³/mol. The molecule has 1 fully saturated rings. The molecule has 1 heterocycles. The zero-order valence-electron chi connectivity index (χ0n) is 11.7. The van der Waals surface area contributed by atoms with Crippen molar-refractivity contribution >= 4 is 38.9 Å². The van der Waals surface area contributed by atoms with Crippen LogP contribution in [0.2, 0.25) is 10.0 Å². The fraction of sp³-hybridized carbons (Fsp3) is 0.538. The van der Waals surface area contributed by atoms with E-state index in [1.165, 1.54) is 23.5 Å². The van der Waals surface area contributed by atoms with Crippen LogP contribution in [0.1, 0.15) is 12.8 Å². The van der Waals surface area contributed by atoms with Gasteiger partial charge in [-0.25, -0.2) is 12.7 Å². The summed E-state index contributed by atoms with van der Waals surface area (Å²) in [5.74, 6) is 0.185. The molecule has 1 saturated heterocycles. The molecular weight excluding hydrogens is 335 g/mol. The third-order valence-corrected chi connectivity index (χ3v) is 6.20. The fourth-order valence-corrected chi connectivity index (χ4v) is 4.81. The number of halogens is 2. The smallest absolute Gasteiger partial charge is 0.245 e. The topological polar surface area (TPSA) is 72.6 Å². The van der Waals surface area contributed by atoms with E-state index < -0.39 is 10.0 Å². The number of ether oxygens (including phenoxy) is 1. The van der Waals surface area contributed by atoms with Crippen molar-refractivity contribution < 1.29 is 13.2 Å². The van der Waals surface area contributed by atoms with E-state index >= 15 is 0 Å². The second kappa shape index (κ2) is 6.71. The lowest BCUT2D eigenvalue weighted by molar-refractivity contribution is 0.0495. The van der Waals surface area contributed by atoms with Crippen LogP contribution in [0.4, 0.5) is 5.69 Å². The lowest BCUT2D eigenvalue weighted by Gasteiger charge is -2.27. The van der Waals surface area contributed by atoms with Crippen LogP contribution in [0.3, 0.4) is 0 Å². The van der Waals surface area contributed by atoms with Crippen molar-refractivity contribution in [3.63, 3.8) is 0 Å². The molecule has 0 spiro atoms. The average molecular weight is 353 g/mol. The van der Waals surface area contributed by atoms with E-state index in [0.29, 0.717) is 18.8 Å². The molecule has 2 rings (SSSR count). The molecule has 0 aromatic heterocycles. The SMILES string of the molecule is CN(CC1CCCOC1)S(=O)(=O)c1c(Cl)cc(N)cc1Cl. The third-order valence-electron chi connectivity index (χ3n) is 3.46.